The topological polar surface area (TPSA) is 9.23 Å². The molecule has 1 unspecified atom stereocenters. The van der Waals surface area contributed by atoms with Gasteiger partial charge in [0, 0.05) is 4.75 Å². The SMILES string of the molecule is CC(O[Si](C)(C)C)SC(C)(C)C. The molecular weight excluding hydrogens is 184 g/mol. The second kappa shape index (κ2) is 4.16. The number of rotatable bonds is 3. The zero-order valence-corrected chi connectivity index (χ0v) is 11.2. The normalized spacial score (nSPS) is 16.2. The number of hydrogen-bond acceptors (Lipinski definition) is 2. The van der Waals surface area contributed by atoms with Crippen molar-refractivity contribution in [2.75, 3.05) is 0 Å². The molecule has 0 fully saturated rings. The first-order valence-corrected chi connectivity index (χ1v) is 8.74. The molecule has 0 amide bonds. The molecule has 0 N–H and O–H groups in total. The van der Waals surface area contributed by atoms with Gasteiger partial charge >= 0.3 is 0 Å². The molecule has 0 aromatic heterocycles. The van der Waals surface area contributed by atoms with Gasteiger partial charge in [-0.3, -0.25) is 0 Å². The Labute approximate surface area is 82.4 Å². The zero-order valence-electron chi connectivity index (χ0n) is 9.39. The molecule has 0 saturated heterocycles. The summed E-state index contributed by atoms with van der Waals surface area (Å²) in [5, 5.41) is 0. The van der Waals surface area contributed by atoms with Crippen molar-refractivity contribution < 1.29 is 4.43 Å². The highest BCUT2D eigenvalue weighted by Gasteiger charge is 2.22. The molecular formula is C9H22OSSi. The molecule has 1 atom stereocenters. The van der Waals surface area contributed by atoms with Gasteiger partial charge in [-0.2, -0.15) is 0 Å². The summed E-state index contributed by atoms with van der Waals surface area (Å²) in [5.41, 5.74) is 0.330. The molecule has 12 heavy (non-hydrogen) atoms. The van der Waals surface area contributed by atoms with E-state index in [1.807, 2.05) is 11.8 Å². The highest BCUT2D eigenvalue weighted by molar-refractivity contribution is 8.01. The van der Waals surface area contributed by atoms with Crippen LogP contribution in [0.4, 0.5) is 0 Å². The minimum atomic E-state index is -1.34. The maximum Gasteiger partial charge on any atom is 0.185 e. The third-order valence-corrected chi connectivity index (χ3v) is 3.41. The van der Waals surface area contributed by atoms with Crippen molar-refractivity contribution in [3.05, 3.63) is 0 Å². The van der Waals surface area contributed by atoms with E-state index in [-0.39, 0.29) is 0 Å². The second-order valence-corrected chi connectivity index (χ2v) is 11.6. The van der Waals surface area contributed by atoms with E-state index in [9.17, 15) is 0 Å². The Morgan fingerprint density at radius 1 is 1.17 bits per heavy atom. The third-order valence-electron chi connectivity index (χ3n) is 1.04. The molecule has 0 bridgehead atoms. The van der Waals surface area contributed by atoms with Crippen molar-refractivity contribution in [1.82, 2.24) is 0 Å². The van der Waals surface area contributed by atoms with Gasteiger partial charge in [0.1, 0.15) is 0 Å². The molecule has 1 nitrogen and oxygen atoms in total. The van der Waals surface area contributed by atoms with Gasteiger partial charge in [-0.15, -0.1) is 11.8 Å². The average Bonchev–Trinajstić information content (AvgIpc) is 1.49. The lowest BCUT2D eigenvalue weighted by molar-refractivity contribution is 0.299. The minimum Gasteiger partial charge on any atom is -0.406 e. The lowest BCUT2D eigenvalue weighted by Gasteiger charge is -2.28. The van der Waals surface area contributed by atoms with Gasteiger partial charge in [-0.25, -0.2) is 0 Å². The van der Waals surface area contributed by atoms with Gasteiger partial charge < -0.3 is 4.43 Å². The maximum atomic E-state index is 5.92. The van der Waals surface area contributed by atoms with Crippen molar-refractivity contribution in [2.24, 2.45) is 0 Å². The van der Waals surface area contributed by atoms with Crippen molar-refractivity contribution in [1.29, 1.82) is 0 Å². The van der Waals surface area contributed by atoms with E-state index in [2.05, 4.69) is 47.3 Å². The largest absolute Gasteiger partial charge is 0.406 e. The van der Waals surface area contributed by atoms with Crippen LogP contribution < -0.4 is 0 Å². The van der Waals surface area contributed by atoms with Crippen molar-refractivity contribution >= 4 is 20.1 Å². The number of hydrogen-bond donors (Lipinski definition) is 0. The fraction of sp³-hybridized carbons (Fsp3) is 1.00. The van der Waals surface area contributed by atoms with Gasteiger partial charge in [0.2, 0.25) is 0 Å². The maximum absolute atomic E-state index is 5.92. The van der Waals surface area contributed by atoms with Crippen LogP contribution in [0.1, 0.15) is 27.7 Å². The second-order valence-electron chi connectivity index (χ2n) is 5.03. The fourth-order valence-corrected chi connectivity index (χ4v) is 4.07. The standard InChI is InChI=1S/C9H22OSSi/c1-8(10-12(5,6)7)11-9(2,3)4/h8H,1-7H3. The molecule has 0 aliphatic rings. The Morgan fingerprint density at radius 2 is 1.58 bits per heavy atom. The summed E-state index contributed by atoms with van der Waals surface area (Å²) >= 11 is 1.90. The van der Waals surface area contributed by atoms with E-state index in [1.165, 1.54) is 0 Å². The molecule has 0 saturated carbocycles. The highest BCUT2D eigenvalue weighted by Crippen LogP contribution is 2.29. The van der Waals surface area contributed by atoms with Crippen LogP contribution in [0.25, 0.3) is 0 Å². The van der Waals surface area contributed by atoms with E-state index in [0.29, 0.717) is 10.2 Å². The zero-order chi connectivity index (χ0) is 9.99. The summed E-state index contributed by atoms with van der Waals surface area (Å²) < 4.78 is 6.22. The molecule has 0 heterocycles. The summed E-state index contributed by atoms with van der Waals surface area (Å²) in [5.74, 6) is 0. The summed E-state index contributed by atoms with van der Waals surface area (Å²) in [6, 6.07) is 0. The van der Waals surface area contributed by atoms with E-state index in [0.717, 1.165) is 0 Å². The molecule has 0 aliphatic carbocycles. The Balaban J connectivity index is 3.83. The molecule has 3 heteroatoms. The molecule has 0 aliphatic heterocycles. The van der Waals surface area contributed by atoms with Crippen LogP contribution in [0.15, 0.2) is 0 Å². The minimum absolute atomic E-state index is 0.305. The molecule has 74 valence electrons. The lowest BCUT2D eigenvalue weighted by atomic mass is 10.3. The van der Waals surface area contributed by atoms with Gasteiger partial charge in [-0.05, 0) is 26.6 Å². The first-order valence-electron chi connectivity index (χ1n) is 4.46. The van der Waals surface area contributed by atoms with Crippen LogP contribution in [-0.2, 0) is 4.43 Å². The quantitative estimate of drug-likeness (QED) is 0.514. The Bertz CT molecular complexity index is 118. The molecule has 0 rings (SSSR count). The Morgan fingerprint density at radius 3 is 1.83 bits per heavy atom. The summed E-state index contributed by atoms with van der Waals surface area (Å²) in [4.78, 5) is 0. The van der Waals surface area contributed by atoms with E-state index >= 15 is 0 Å². The molecule has 0 aromatic carbocycles. The Kier molecular flexibility index (Phi) is 4.34. The van der Waals surface area contributed by atoms with Crippen molar-refractivity contribution in [2.45, 2.75) is 57.5 Å². The summed E-state index contributed by atoms with van der Waals surface area (Å²) in [6.07, 6.45) is 0. The number of thioether (sulfide) groups is 1. The van der Waals surface area contributed by atoms with Gasteiger partial charge in [0.25, 0.3) is 0 Å². The lowest BCUT2D eigenvalue weighted by Crippen LogP contribution is -2.30. The van der Waals surface area contributed by atoms with E-state index in [1.54, 1.807) is 0 Å². The first kappa shape index (κ1) is 12.5. The van der Waals surface area contributed by atoms with Crippen LogP contribution in [0.2, 0.25) is 19.6 Å². The van der Waals surface area contributed by atoms with E-state index < -0.39 is 8.32 Å². The van der Waals surface area contributed by atoms with Crippen LogP contribution >= 0.6 is 11.8 Å². The summed E-state index contributed by atoms with van der Waals surface area (Å²) in [6.45, 7) is 15.5. The predicted molar refractivity (Wildman–Crippen MR) is 61.2 cm³/mol. The predicted octanol–water partition coefficient (Wildman–Crippen LogP) is 3.72. The van der Waals surface area contributed by atoms with Crippen LogP contribution in [0.5, 0.6) is 0 Å². The molecule has 0 aromatic rings. The Hall–Kier alpha value is 0.527. The monoisotopic (exact) mass is 206 g/mol. The van der Waals surface area contributed by atoms with Crippen molar-refractivity contribution in [3.63, 3.8) is 0 Å². The van der Waals surface area contributed by atoms with Gasteiger partial charge in [0.05, 0.1) is 5.44 Å². The highest BCUT2D eigenvalue weighted by atomic mass is 32.2. The van der Waals surface area contributed by atoms with Crippen molar-refractivity contribution in [3.8, 4) is 0 Å². The first-order chi connectivity index (χ1) is 5.10. The fourth-order valence-electron chi connectivity index (χ4n) is 1.02. The molecule has 0 spiro atoms. The smallest absolute Gasteiger partial charge is 0.185 e. The third kappa shape index (κ3) is 8.62. The van der Waals surface area contributed by atoms with Gasteiger partial charge in [-0.1, -0.05) is 20.8 Å². The summed E-state index contributed by atoms with van der Waals surface area (Å²) in [7, 11) is -1.34. The van der Waals surface area contributed by atoms with Crippen LogP contribution in [0, 0.1) is 0 Å². The van der Waals surface area contributed by atoms with Gasteiger partial charge in [0.15, 0.2) is 8.32 Å². The van der Waals surface area contributed by atoms with Crippen LogP contribution in [-0.4, -0.2) is 18.5 Å². The van der Waals surface area contributed by atoms with E-state index in [4.69, 9.17) is 4.43 Å². The molecule has 0 radical (unpaired) electrons. The average molecular weight is 206 g/mol. The van der Waals surface area contributed by atoms with Crippen LogP contribution in [0.3, 0.4) is 0 Å².